The van der Waals surface area contributed by atoms with Crippen molar-refractivity contribution < 1.29 is 28.4 Å². The van der Waals surface area contributed by atoms with Crippen LogP contribution in [-0.2, 0) is 51.0 Å². The Morgan fingerprint density at radius 3 is 2.02 bits per heavy atom. The number of hydrogen-bond acceptors (Lipinski definition) is 6. The molecule has 1 unspecified atom stereocenters. The average Bonchev–Trinajstić information content (AvgIpc) is 3.64. The second kappa shape index (κ2) is 17.4. The smallest absolute Gasteiger partial charge is 0.223 e. The van der Waals surface area contributed by atoms with Crippen LogP contribution >= 0.6 is 27.3 Å². The normalized spacial score (nSPS) is 20.0. The van der Waals surface area contributed by atoms with Gasteiger partial charge in [0.2, 0.25) is 5.79 Å². The summed E-state index contributed by atoms with van der Waals surface area (Å²) in [6, 6.07) is 44.8. The van der Waals surface area contributed by atoms with Crippen LogP contribution in [0.3, 0.4) is 0 Å². The highest BCUT2D eigenvalue weighted by molar-refractivity contribution is 9.10. The third-order valence-corrected chi connectivity index (χ3v) is 11.3. The summed E-state index contributed by atoms with van der Waals surface area (Å²) in [6.45, 7) is 3.35. The van der Waals surface area contributed by atoms with Crippen LogP contribution in [0, 0.1) is 12.7 Å². The standard InChI is InChI=1S/C45H42BrFO5S/c1-31-23-41(46)40(25-36(31)24-39-21-22-43(53-39)35-17-19-37(47)20-18-35)45(48)44(51-29-34-15-9-4-10-16-34)42(50-28-33-13-7-3-8-14-33)26-38(52-45)30-49-27-32-11-5-2-6-12-32/h2-23,25,38,42,44,48H,24,26-30H2,1H3/t38-,42-,44+,45?/m0/s1. The molecule has 1 fully saturated rings. The molecule has 0 bridgehead atoms. The van der Waals surface area contributed by atoms with Gasteiger partial charge in [-0.05, 0) is 76.7 Å². The van der Waals surface area contributed by atoms with Crippen LogP contribution in [0.1, 0.15) is 44.7 Å². The van der Waals surface area contributed by atoms with Crippen LogP contribution < -0.4 is 0 Å². The van der Waals surface area contributed by atoms with E-state index in [0.717, 1.165) is 43.1 Å². The predicted molar refractivity (Wildman–Crippen MR) is 211 cm³/mol. The van der Waals surface area contributed by atoms with Gasteiger partial charge < -0.3 is 24.1 Å². The third-order valence-electron chi connectivity index (χ3n) is 9.53. The second-order valence-electron chi connectivity index (χ2n) is 13.4. The first kappa shape index (κ1) is 37.3. The van der Waals surface area contributed by atoms with Crippen molar-refractivity contribution in [2.45, 2.75) is 63.7 Å². The van der Waals surface area contributed by atoms with Gasteiger partial charge in [0.15, 0.2) is 0 Å². The molecule has 4 atom stereocenters. The Hall–Kier alpha value is -3.99. The van der Waals surface area contributed by atoms with Gasteiger partial charge in [-0.15, -0.1) is 11.3 Å². The monoisotopic (exact) mass is 792 g/mol. The second-order valence-corrected chi connectivity index (χ2v) is 15.5. The van der Waals surface area contributed by atoms with E-state index in [2.05, 4.69) is 35.0 Å². The van der Waals surface area contributed by atoms with E-state index in [4.69, 9.17) is 18.9 Å². The number of thiophene rings is 1. The molecular weight excluding hydrogens is 751 g/mol. The Balaban J connectivity index is 1.22. The van der Waals surface area contributed by atoms with Crippen LogP contribution in [-0.4, -0.2) is 30.0 Å². The van der Waals surface area contributed by atoms with Gasteiger partial charge in [-0.25, -0.2) is 4.39 Å². The van der Waals surface area contributed by atoms with Gasteiger partial charge in [-0.2, -0.15) is 0 Å². The molecule has 1 aromatic heterocycles. The van der Waals surface area contributed by atoms with Crippen LogP contribution in [0.2, 0.25) is 0 Å². The molecule has 1 saturated heterocycles. The number of rotatable bonds is 14. The number of aryl methyl sites for hydroxylation is 1. The summed E-state index contributed by atoms with van der Waals surface area (Å²) >= 11 is 5.47. The van der Waals surface area contributed by atoms with Gasteiger partial charge in [0.25, 0.3) is 0 Å². The number of aliphatic hydroxyl groups is 1. The summed E-state index contributed by atoms with van der Waals surface area (Å²) in [5, 5.41) is 13.0. The van der Waals surface area contributed by atoms with Gasteiger partial charge in [0, 0.05) is 32.6 Å². The average molecular weight is 794 g/mol. The molecule has 5 aromatic carbocycles. The van der Waals surface area contributed by atoms with Crippen molar-refractivity contribution in [2.24, 2.45) is 0 Å². The summed E-state index contributed by atoms with van der Waals surface area (Å²) in [4.78, 5) is 2.21. The summed E-state index contributed by atoms with van der Waals surface area (Å²) in [5.41, 5.74) is 6.70. The molecule has 0 radical (unpaired) electrons. The van der Waals surface area contributed by atoms with Crippen molar-refractivity contribution in [3.05, 3.63) is 188 Å². The Morgan fingerprint density at radius 2 is 1.38 bits per heavy atom. The van der Waals surface area contributed by atoms with Crippen molar-refractivity contribution in [1.29, 1.82) is 0 Å². The lowest BCUT2D eigenvalue weighted by molar-refractivity contribution is -0.351. The Kier molecular flexibility index (Phi) is 12.3. The molecule has 272 valence electrons. The molecule has 0 amide bonds. The molecule has 0 spiro atoms. The summed E-state index contributed by atoms with van der Waals surface area (Å²) in [7, 11) is 0. The topological polar surface area (TPSA) is 57.2 Å². The Labute approximate surface area is 323 Å². The van der Waals surface area contributed by atoms with Gasteiger partial charge in [0.05, 0.1) is 38.6 Å². The van der Waals surface area contributed by atoms with Crippen LogP contribution in [0.15, 0.2) is 144 Å². The third kappa shape index (κ3) is 9.39. The van der Waals surface area contributed by atoms with E-state index in [1.54, 1.807) is 23.5 Å². The zero-order chi connectivity index (χ0) is 36.6. The minimum Gasteiger partial charge on any atom is -0.374 e. The highest BCUT2D eigenvalue weighted by Crippen LogP contribution is 2.44. The van der Waals surface area contributed by atoms with E-state index in [-0.39, 0.29) is 19.0 Å². The predicted octanol–water partition coefficient (Wildman–Crippen LogP) is 10.5. The summed E-state index contributed by atoms with van der Waals surface area (Å²) in [5.74, 6) is -2.15. The van der Waals surface area contributed by atoms with Crippen LogP contribution in [0.25, 0.3) is 10.4 Å². The maximum Gasteiger partial charge on any atom is 0.223 e. The highest BCUT2D eigenvalue weighted by atomic mass is 79.9. The van der Waals surface area contributed by atoms with Crippen molar-refractivity contribution in [3.63, 3.8) is 0 Å². The molecule has 1 N–H and O–H groups in total. The van der Waals surface area contributed by atoms with Crippen molar-refractivity contribution in [2.75, 3.05) is 6.61 Å². The largest absolute Gasteiger partial charge is 0.374 e. The van der Waals surface area contributed by atoms with E-state index >= 15 is 0 Å². The molecule has 53 heavy (non-hydrogen) atoms. The molecule has 6 aromatic rings. The summed E-state index contributed by atoms with van der Waals surface area (Å²) < 4.78 is 40.6. The fraction of sp³-hybridized carbons (Fsp3) is 0.244. The van der Waals surface area contributed by atoms with Gasteiger partial charge in [-0.1, -0.05) is 119 Å². The number of benzene rings is 5. The Bertz CT molecular complexity index is 2060. The van der Waals surface area contributed by atoms with Crippen LogP contribution in [0.5, 0.6) is 0 Å². The molecular formula is C45H42BrFO5S. The summed E-state index contributed by atoms with van der Waals surface area (Å²) in [6.07, 6.45) is -0.804. The molecule has 1 aliphatic heterocycles. The van der Waals surface area contributed by atoms with E-state index in [1.165, 1.54) is 12.1 Å². The van der Waals surface area contributed by atoms with Crippen molar-refractivity contribution in [1.82, 2.24) is 0 Å². The molecule has 0 aliphatic carbocycles. The van der Waals surface area contributed by atoms with Gasteiger partial charge in [0.1, 0.15) is 11.9 Å². The number of ether oxygens (including phenoxy) is 4. The number of halogens is 2. The van der Waals surface area contributed by atoms with E-state index in [1.807, 2.05) is 103 Å². The quantitative estimate of drug-likeness (QED) is 0.119. The van der Waals surface area contributed by atoms with Gasteiger partial charge >= 0.3 is 0 Å². The lowest BCUT2D eigenvalue weighted by Gasteiger charge is -2.47. The highest BCUT2D eigenvalue weighted by Gasteiger charge is 2.53. The molecule has 5 nitrogen and oxygen atoms in total. The maximum absolute atomic E-state index is 13.6. The minimum absolute atomic E-state index is 0.254. The SMILES string of the molecule is Cc1cc(Br)c(C2(O)O[C@H](COCc3ccccc3)C[C@H](OCc3ccccc3)[C@H]2OCc2ccccc2)cc1Cc1ccc(-c2ccc(F)cc2)s1. The number of hydrogen-bond donors (Lipinski definition) is 1. The maximum atomic E-state index is 13.6. The lowest BCUT2D eigenvalue weighted by atomic mass is 9.87. The molecule has 2 heterocycles. The van der Waals surface area contributed by atoms with Crippen molar-refractivity contribution >= 4 is 27.3 Å². The van der Waals surface area contributed by atoms with Crippen LogP contribution in [0.4, 0.5) is 4.39 Å². The first-order valence-corrected chi connectivity index (χ1v) is 19.4. The van der Waals surface area contributed by atoms with E-state index < -0.39 is 24.1 Å². The van der Waals surface area contributed by atoms with E-state index in [9.17, 15) is 9.50 Å². The first-order valence-electron chi connectivity index (χ1n) is 17.8. The van der Waals surface area contributed by atoms with Gasteiger partial charge in [-0.3, -0.25) is 0 Å². The molecule has 7 rings (SSSR count). The lowest BCUT2D eigenvalue weighted by Crippen LogP contribution is -2.58. The fourth-order valence-electron chi connectivity index (χ4n) is 6.73. The molecule has 0 saturated carbocycles. The zero-order valence-electron chi connectivity index (χ0n) is 29.5. The molecule has 1 aliphatic rings. The first-order chi connectivity index (χ1) is 25.8. The zero-order valence-corrected chi connectivity index (χ0v) is 31.9. The fourth-order valence-corrected chi connectivity index (χ4v) is 8.51. The molecule has 8 heteroatoms. The Morgan fingerprint density at radius 1 is 0.774 bits per heavy atom. The minimum atomic E-state index is -1.90. The van der Waals surface area contributed by atoms with Crippen molar-refractivity contribution in [3.8, 4) is 10.4 Å². The van der Waals surface area contributed by atoms with E-state index in [0.29, 0.717) is 36.1 Å².